The molecule has 0 aliphatic heterocycles. The number of phenols is 2. The van der Waals surface area contributed by atoms with Crippen LogP contribution < -0.4 is 14.7 Å². The van der Waals surface area contributed by atoms with Gasteiger partial charge in [-0.2, -0.15) is 15.0 Å². The average molecular weight is 410 g/mol. The van der Waals surface area contributed by atoms with Crippen LogP contribution in [-0.4, -0.2) is 58.1 Å². The minimum Gasteiger partial charge on any atom is -0.508 e. The fraction of sp³-hybridized carbons (Fsp3) is 0.286. The number of rotatable bonds is 7. The van der Waals surface area contributed by atoms with Crippen LogP contribution >= 0.6 is 0 Å². The molecule has 158 valence electrons. The highest BCUT2D eigenvalue weighted by Gasteiger charge is 2.22. The van der Waals surface area contributed by atoms with E-state index in [4.69, 9.17) is 0 Å². The van der Waals surface area contributed by atoms with Crippen LogP contribution in [0.4, 0.5) is 23.5 Å². The Labute approximate surface area is 175 Å². The van der Waals surface area contributed by atoms with Gasteiger partial charge in [0.05, 0.1) is 11.7 Å². The van der Waals surface area contributed by atoms with Crippen molar-refractivity contribution in [3.05, 3.63) is 54.1 Å². The van der Waals surface area contributed by atoms with E-state index in [1.165, 1.54) is 4.90 Å². The highest BCUT2D eigenvalue weighted by atomic mass is 16.3. The van der Waals surface area contributed by atoms with Crippen molar-refractivity contribution in [1.82, 2.24) is 15.0 Å². The number of hydrogen-bond donors (Lipinski definition) is 3. The summed E-state index contributed by atoms with van der Waals surface area (Å²) in [6.45, 7) is 1.66. The van der Waals surface area contributed by atoms with Gasteiger partial charge in [0.1, 0.15) is 18.2 Å². The van der Waals surface area contributed by atoms with E-state index in [-0.39, 0.29) is 30.2 Å². The van der Waals surface area contributed by atoms with Gasteiger partial charge in [-0.25, -0.2) is 0 Å². The topological polar surface area (TPSA) is 109 Å². The zero-order valence-corrected chi connectivity index (χ0v) is 17.4. The molecule has 30 heavy (non-hydrogen) atoms. The van der Waals surface area contributed by atoms with E-state index in [0.29, 0.717) is 17.6 Å². The first-order valence-electron chi connectivity index (χ1n) is 9.44. The lowest BCUT2D eigenvalue weighted by Gasteiger charge is -2.28. The second-order valence-corrected chi connectivity index (χ2v) is 6.97. The third-order valence-corrected chi connectivity index (χ3v) is 4.98. The fourth-order valence-corrected chi connectivity index (χ4v) is 2.96. The molecule has 1 atom stereocenters. The molecule has 3 N–H and O–H groups in total. The molecule has 0 radical (unpaired) electrons. The summed E-state index contributed by atoms with van der Waals surface area (Å²) in [6, 6.07) is 13.7. The van der Waals surface area contributed by atoms with Crippen LogP contribution in [0.5, 0.6) is 11.5 Å². The number of aliphatic hydroxyl groups is 1. The van der Waals surface area contributed by atoms with Crippen LogP contribution in [0.1, 0.15) is 18.5 Å². The lowest BCUT2D eigenvalue weighted by Crippen LogP contribution is -2.28. The molecule has 0 fully saturated rings. The number of nitrogens with zero attached hydrogens (tertiary/aromatic N) is 6. The SMILES string of the molecule is CC(c1ccccc1O)N(C)c1nc(N(C)CO)nc(N(C)c2ccccc2O)n1. The summed E-state index contributed by atoms with van der Waals surface area (Å²) in [6.07, 6.45) is 0. The van der Waals surface area contributed by atoms with Crippen molar-refractivity contribution in [2.24, 2.45) is 0 Å². The molecule has 1 unspecified atom stereocenters. The van der Waals surface area contributed by atoms with Crippen LogP contribution in [-0.2, 0) is 0 Å². The van der Waals surface area contributed by atoms with Crippen molar-refractivity contribution < 1.29 is 15.3 Å². The van der Waals surface area contributed by atoms with Gasteiger partial charge < -0.3 is 30.0 Å². The van der Waals surface area contributed by atoms with Crippen molar-refractivity contribution in [1.29, 1.82) is 0 Å². The Morgan fingerprint density at radius 2 is 1.37 bits per heavy atom. The molecule has 0 saturated carbocycles. The zero-order chi connectivity index (χ0) is 21.8. The second kappa shape index (κ2) is 8.83. The van der Waals surface area contributed by atoms with Crippen LogP contribution in [0.3, 0.4) is 0 Å². The van der Waals surface area contributed by atoms with Crippen molar-refractivity contribution in [2.75, 3.05) is 42.6 Å². The number of aliphatic hydroxyl groups excluding tert-OH is 1. The summed E-state index contributed by atoms with van der Waals surface area (Å²) in [5.41, 5.74) is 1.26. The molecule has 9 heteroatoms. The lowest BCUT2D eigenvalue weighted by molar-refractivity contribution is 0.296. The number of aromatic hydroxyl groups is 2. The monoisotopic (exact) mass is 410 g/mol. The van der Waals surface area contributed by atoms with Gasteiger partial charge in [-0.1, -0.05) is 30.3 Å². The Balaban J connectivity index is 2.05. The van der Waals surface area contributed by atoms with Crippen molar-refractivity contribution >= 4 is 23.5 Å². The maximum Gasteiger partial charge on any atom is 0.236 e. The quantitative estimate of drug-likeness (QED) is 0.506. The minimum absolute atomic E-state index is 0.0926. The minimum atomic E-state index is -0.276. The Kier molecular flexibility index (Phi) is 6.22. The Hall–Kier alpha value is -3.59. The highest BCUT2D eigenvalue weighted by molar-refractivity contribution is 5.65. The van der Waals surface area contributed by atoms with Gasteiger partial charge in [-0.05, 0) is 25.1 Å². The first kappa shape index (κ1) is 21.1. The molecule has 1 aromatic heterocycles. The highest BCUT2D eigenvalue weighted by Crippen LogP contribution is 2.33. The first-order valence-corrected chi connectivity index (χ1v) is 9.44. The van der Waals surface area contributed by atoms with E-state index in [0.717, 1.165) is 5.56 Å². The van der Waals surface area contributed by atoms with Gasteiger partial charge in [-0.15, -0.1) is 0 Å². The maximum atomic E-state index is 10.2. The van der Waals surface area contributed by atoms with E-state index in [9.17, 15) is 15.3 Å². The van der Waals surface area contributed by atoms with E-state index in [1.54, 1.807) is 55.4 Å². The summed E-state index contributed by atoms with van der Waals surface area (Å²) in [7, 11) is 5.22. The van der Waals surface area contributed by atoms with E-state index in [2.05, 4.69) is 15.0 Å². The van der Waals surface area contributed by atoms with Gasteiger partial charge >= 0.3 is 0 Å². The van der Waals surface area contributed by atoms with E-state index < -0.39 is 0 Å². The Morgan fingerprint density at radius 3 is 2.00 bits per heavy atom. The standard InChI is InChI=1S/C21H26N6O3/c1-14(15-9-5-7-11-17(15)29)26(3)20-22-19(25(2)13-28)23-21(24-20)27(4)16-10-6-8-12-18(16)30/h5-12,14,28-30H,13H2,1-4H3. The Morgan fingerprint density at radius 1 is 0.800 bits per heavy atom. The Bertz CT molecular complexity index is 1020. The number of para-hydroxylation sites is 3. The van der Waals surface area contributed by atoms with Crippen molar-refractivity contribution in [2.45, 2.75) is 13.0 Å². The molecular weight excluding hydrogens is 384 g/mol. The molecular formula is C21H26N6O3. The maximum absolute atomic E-state index is 10.2. The van der Waals surface area contributed by atoms with E-state index >= 15 is 0 Å². The third-order valence-electron chi connectivity index (χ3n) is 4.98. The molecule has 0 saturated heterocycles. The van der Waals surface area contributed by atoms with Crippen LogP contribution in [0, 0.1) is 0 Å². The largest absolute Gasteiger partial charge is 0.508 e. The van der Waals surface area contributed by atoms with Crippen LogP contribution in [0.25, 0.3) is 0 Å². The summed E-state index contributed by atoms with van der Waals surface area (Å²) >= 11 is 0. The molecule has 0 aliphatic carbocycles. The fourth-order valence-electron chi connectivity index (χ4n) is 2.96. The molecule has 9 nitrogen and oxygen atoms in total. The second-order valence-electron chi connectivity index (χ2n) is 6.97. The van der Waals surface area contributed by atoms with Gasteiger partial charge in [-0.3, -0.25) is 0 Å². The zero-order valence-electron chi connectivity index (χ0n) is 17.4. The average Bonchev–Trinajstić information content (AvgIpc) is 2.77. The number of anilines is 4. The molecule has 0 spiro atoms. The smallest absolute Gasteiger partial charge is 0.236 e. The van der Waals surface area contributed by atoms with Crippen molar-refractivity contribution in [3.8, 4) is 11.5 Å². The predicted molar refractivity (Wildman–Crippen MR) is 116 cm³/mol. The molecule has 3 aromatic rings. The number of aromatic nitrogens is 3. The number of hydrogen-bond acceptors (Lipinski definition) is 9. The van der Waals surface area contributed by atoms with Gasteiger partial charge in [0.2, 0.25) is 17.8 Å². The third kappa shape index (κ3) is 4.20. The summed E-state index contributed by atoms with van der Waals surface area (Å²) in [4.78, 5) is 18.4. The summed E-state index contributed by atoms with van der Waals surface area (Å²) in [5, 5.41) is 30.0. The normalized spacial score (nSPS) is 11.8. The predicted octanol–water partition coefficient (Wildman–Crippen LogP) is 2.63. The van der Waals surface area contributed by atoms with Crippen molar-refractivity contribution in [3.63, 3.8) is 0 Å². The van der Waals surface area contributed by atoms with E-state index in [1.807, 2.05) is 31.0 Å². The number of phenolic OH excluding ortho intramolecular Hbond substituents is 2. The number of benzene rings is 2. The lowest BCUT2D eigenvalue weighted by atomic mass is 10.1. The molecule has 0 aliphatic rings. The molecule has 3 rings (SSSR count). The van der Waals surface area contributed by atoms with Gasteiger partial charge in [0.25, 0.3) is 0 Å². The van der Waals surface area contributed by atoms with Crippen LogP contribution in [0.15, 0.2) is 48.5 Å². The van der Waals surface area contributed by atoms with Gasteiger partial charge in [0, 0.05) is 26.7 Å². The molecule has 2 aromatic carbocycles. The first-order chi connectivity index (χ1) is 14.3. The summed E-state index contributed by atoms with van der Waals surface area (Å²) in [5.74, 6) is 1.21. The molecule has 0 amide bonds. The molecule has 1 heterocycles. The van der Waals surface area contributed by atoms with Crippen LogP contribution in [0.2, 0.25) is 0 Å². The summed E-state index contributed by atoms with van der Waals surface area (Å²) < 4.78 is 0. The van der Waals surface area contributed by atoms with Gasteiger partial charge in [0.15, 0.2) is 0 Å². The molecule has 0 bridgehead atoms.